The molecular weight excluding hydrogens is 280 g/mol. The van der Waals surface area contributed by atoms with Gasteiger partial charge in [0.05, 0.1) is 13.2 Å². The summed E-state index contributed by atoms with van der Waals surface area (Å²) in [5.41, 5.74) is 3.31. The largest absolute Gasteiger partial charge is 0.468 e. The zero-order valence-corrected chi connectivity index (χ0v) is 12.5. The molecular formula is C17H18N2O3. The van der Waals surface area contributed by atoms with Gasteiger partial charge in [0.25, 0.3) is 0 Å². The van der Waals surface area contributed by atoms with E-state index in [0.717, 1.165) is 24.2 Å². The van der Waals surface area contributed by atoms with Crippen LogP contribution in [-0.4, -0.2) is 41.8 Å². The highest BCUT2D eigenvalue weighted by molar-refractivity contribution is 6.01. The third-order valence-corrected chi connectivity index (χ3v) is 4.95. The van der Waals surface area contributed by atoms with Crippen LogP contribution in [0.4, 0.5) is 0 Å². The number of methoxy groups -OCH3 is 1. The van der Waals surface area contributed by atoms with E-state index in [1.54, 1.807) is 0 Å². The monoisotopic (exact) mass is 298 g/mol. The number of hydrogen-bond acceptors (Lipinski definition) is 4. The molecule has 0 bridgehead atoms. The molecule has 5 nitrogen and oxygen atoms in total. The molecule has 2 aliphatic rings. The molecule has 0 unspecified atom stereocenters. The van der Waals surface area contributed by atoms with Crippen LogP contribution in [0.2, 0.25) is 0 Å². The number of hydrogen-bond donors (Lipinski definition) is 1. The summed E-state index contributed by atoms with van der Waals surface area (Å²) in [6.07, 6.45) is 1.36. The van der Waals surface area contributed by atoms with Gasteiger partial charge in [0.15, 0.2) is 0 Å². The number of piperidine rings is 1. The molecule has 5 heteroatoms. The molecule has 1 aromatic carbocycles. The van der Waals surface area contributed by atoms with Crippen LogP contribution in [-0.2, 0) is 20.7 Å². The number of nitrogens with zero attached hydrogens (tertiary/aromatic N) is 1. The van der Waals surface area contributed by atoms with Gasteiger partial charge in [0.2, 0.25) is 0 Å². The molecule has 1 aromatic heterocycles. The third-order valence-electron chi connectivity index (χ3n) is 4.95. The number of esters is 1. The summed E-state index contributed by atoms with van der Waals surface area (Å²) in [6.45, 7) is 1.59. The average Bonchev–Trinajstić information content (AvgIpc) is 2.93. The van der Waals surface area contributed by atoms with E-state index >= 15 is 0 Å². The Bertz CT molecular complexity index is 756. The number of aromatic amines is 1. The van der Waals surface area contributed by atoms with Gasteiger partial charge in [-0.3, -0.25) is 14.5 Å². The number of ether oxygens (including phenoxy) is 1. The fourth-order valence-electron chi connectivity index (χ4n) is 3.92. The zero-order chi connectivity index (χ0) is 15.3. The van der Waals surface area contributed by atoms with Crippen molar-refractivity contribution in [3.63, 3.8) is 0 Å². The van der Waals surface area contributed by atoms with E-state index in [1.807, 2.05) is 18.2 Å². The van der Waals surface area contributed by atoms with E-state index in [9.17, 15) is 9.59 Å². The molecule has 0 spiro atoms. The van der Waals surface area contributed by atoms with Gasteiger partial charge in [-0.15, -0.1) is 0 Å². The van der Waals surface area contributed by atoms with Crippen molar-refractivity contribution in [3.05, 3.63) is 35.5 Å². The molecule has 0 aliphatic carbocycles. The van der Waals surface area contributed by atoms with Crippen LogP contribution >= 0.6 is 0 Å². The molecule has 3 heterocycles. The Balaban J connectivity index is 1.88. The molecule has 0 amide bonds. The lowest BCUT2D eigenvalue weighted by atomic mass is 9.81. The van der Waals surface area contributed by atoms with Crippen molar-refractivity contribution < 1.29 is 14.3 Å². The number of nitrogens with one attached hydrogen (secondary N) is 1. The molecule has 22 heavy (non-hydrogen) atoms. The quantitative estimate of drug-likeness (QED) is 0.644. The van der Waals surface area contributed by atoms with E-state index in [1.165, 1.54) is 18.1 Å². The second-order valence-corrected chi connectivity index (χ2v) is 6.01. The van der Waals surface area contributed by atoms with Crippen LogP contribution in [0.15, 0.2) is 24.3 Å². The summed E-state index contributed by atoms with van der Waals surface area (Å²) in [5, 5.41) is 1.19. The number of ketones is 1. The highest BCUT2D eigenvalue weighted by Crippen LogP contribution is 2.41. The van der Waals surface area contributed by atoms with Gasteiger partial charge in [0, 0.05) is 36.1 Å². The number of benzene rings is 1. The van der Waals surface area contributed by atoms with Crippen LogP contribution in [0.5, 0.6) is 0 Å². The first-order valence-corrected chi connectivity index (χ1v) is 7.65. The van der Waals surface area contributed by atoms with Gasteiger partial charge < -0.3 is 9.72 Å². The van der Waals surface area contributed by atoms with Crippen LogP contribution in [0.25, 0.3) is 10.9 Å². The predicted molar refractivity (Wildman–Crippen MR) is 81.4 cm³/mol. The van der Waals surface area contributed by atoms with E-state index in [4.69, 9.17) is 4.74 Å². The SMILES string of the molecule is COC(=O)[C@H]1C(=O)CCN2CCc3c([nH]c4ccccc34)[C@H]12. The van der Waals surface area contributed by atoms with Gasteiger partial charge in [-0.25, -0.2) is 0 Å². The lowest BCUT2D eigenvalue weighted by molar-refractivity contribution is -0.155. The summed E-state index contributed by atoms with van der Waals surface area (Å²) in [5.74, 6) is -1.16. The van der Waals surface area contributed by atoms with Crippen LogP contribution in [0, 0.1) is 5.92 Å². The Labute approximate surface area is 128 Å². The Kier molecular flexibility index (Phi) is 3.04. The fourth-order valence-corrected chi connectivity index (χ4v) is 3.92. The van der Waals surface area contributed by atoms with Gasteiger partial charge in [-0.05, 0) is 18.1 Å². The van der Waals surface area contributed by atoms with E-state index in [2.05, 4.69) is 16.0 Å². The first-order chi connectivity index (χ1) is 10.7. The summed E-state index contributed by atoms with van der Waals surface area (Å²) >= 11 is 0. The average molecular weight is 298 g/mol. The van der Waals surface area contributed by atoms with Gasteiger partial charge in [0.1, 0.15) is 11.7 Å². The maximum absolute atomic E-state index is 12.3. The number of fused-ring (bicyclic) bond motifs is 5. The third kappa shape index (κ3) is 1.82. The highest BCUT2D eigenvalue weighted by Gasteiger charge is 2.46. The standard InChI is InChI=1S/C17H18N2O3/c1-22-17(21)14-13(20)7-9-19-8-6-11-10-4-2-3-5-12(10)18-15(11)16(14)19/h2-5,14,16,18H,6-9H2,1H3/t14-,16-/m0/s1. The van der Waals surface area contributed by atoms with Crippen molar-refractivity contribution in [2.45, 2.75) is 18.9 Å². The van der Waals surface area contributed by atoms with Gasteiger partial charge in [-0.2, -0.15) is 0 Å². The van der Waals surface area contributed by atoms with Crippen molar-refractivity contribution in [1.29, 1.82) is 0 Å². The topological polar surface area (TPSA) is 62.4 Å². The maximum Gasteiger partial charge on any atom is 0.318 e. The number of carbonyl (C=O) groups is 2. The molecule has 114 valence electrons. The summed E-state index contributed by atoms with van der Waals surface area (Å²) in [6, 6.07) is 7.93. The fraction of sp³-hybridized carbons (Fsp3) is 0.412. The summed E-state index contributed by atoms with van der Waals surface area (Å²) < 4.78 is 4.90. The first-order valence-electron chi connectivity index (χ1n) is 7.65. The van der Waals surface area contributed by atoms with Crippen molar-refractivity contribution in [1.82, 2.24) is 9.88 Å². The molecule has 2 aromatic rings. The molecule has 1 N–H and O–H groups in total. The Morgan fingerprint density at radius 2 is 2.05 bits per heavy atom. The lowest BCUT2D eigenvalue weighted by Gasteiger charge is -2.42. The van der Waals surface area contributed by atoms with E-state index in [0.29, 0.717) is 13.0 Å². The van der Waals surface area contributed by atoms with Crippen molar-refractivity contribution in [2.24, 2.45) is 5.92 Å². The van der Waals surface area contributed by atoms with Crippen molar-refractivity contribution >= 4 is 22.7 Å². The Morgan fingerprint density at radius 1 is 1.27 bits per heavy atom. The number of rotatable bonds is 1. The van der Waals surface area contributed by atoms with Crippen LogP contribution in [0.1, 0.15) is 23.7 Å². The van der Waals surface area contributed by atoms with Crippen LogP contribution < -0.4 is 0 Å². The molecule has 1 fully saturated rings. The Hall–Kier alpha value is -2.14. The molecule has 0 saturated carbocycles. The second kappa shape index (κ2) is 4.95. The molecule has 1 saturated heterocycles. The molecule has 2 atom stereocenters. The highest BCUT2D eigenvalue weighted by atomic mass is 16.5. The maximum atomic E-state index is 12.3. The van der Waals surface area contributed by atoms with Crippen LogP contribution in [0.3, 0.4) is 0 Å². The smallest absolute Gasteiger partial charge is 0.318 e. The summed E-state index contributed by atoms with van der Waals surface area (Å²) in [4.78, 5) is 30.2. The molecule has 4 rings (SSSR count). The van der Waals surface area contributed by atoms with Crippen molar-refractivity contribution in [3.8, 4) is 0 Å². The first kappa shape index (κ1) is 13.5. The number of H-pyrrole nitrogens is 1. The number of para-hydroxylation sites is 1. The normalized spacial score (nSPS) is 24.9. The van der Waals surface area contributed by atoms with Gasteiger partial charge >= 0.3 is 5.97 Å². The number of carbonyl (C=O) groups excluding carboxylic acids is 2. The van der Waals surface area contributed by atoms with E-state index in [-0.39, 0.29) is 11.8 Å². The molecule has 0 radical (unpaired) electrons. The lowest BCUT2D eigenvalue weighted by Crippen LogP contribution is -2.50. The minimum atomic E-state index is -0.717. The van der Waals surface area contributed by atoms with Crippen molar-refractivity contribution in [2.75, 3.05) is 20.2 Å². The number of aromatic nitrogens is 1. The Morgan fingerprint density at radius 3 is 2.86 bits per heavy atom. The number of Topliss-reactive ketones (excluding diaryl/α,β-unsaturated/α-hetero) is 1. The zero-order valence-electron chi connectivity index (χ0n) is 12.5. The summed E-state index contributed by atoms with van der Waals surface area (Å²) in [7, 11) is 1.35. The second-order valence-electron chi connectivity index (χ2n) is 6.01. The van der Waals surface area contributed by atoms with Gasteiger partial charge in [-0.1, -0.05) is 18.2 Å². The minimum absolute atomic E-state index is 0.0143. The molecule has 2 aliphatic heterocycles. The van der Waals surface area contributed by atoms with E-state index < -0.39 is 11.9 Å². The predicted octanol–water partition coefficient (Wildman–Crippen LogP) is 1.83. The minimum Gasteiger partial charge on any atom is -0.468 e.